The van der Waals surface area contributed by atoms with Crippen LogP contribution in [0.15, 0.2) is 24.3 Å². The van der Waals surface area contributed by atoms with Gasteiger partial charge in [0.1, 0.15) is 5.75 Å². The molecule has 0 spiro atoms. The average Bonchev–Trinajstić information content (AvgIpc) is 3.19. The van der Waals surface area contributed by atoms with Crippen LogP contribution in [0.2, 0.25) is 0 Å². The summed E-state index contributed by atoms with van der Waals surface area (Å²) in [6.45, 7) is 3.78. The Balaban J connectivity index is 1.85. The lowest BCUT2D eigenvalue weighted by atomic mass is 10.0. The Kier molecular flexibility index (Phi) is 3.08. The molecule has 0 unspecified atom stereocenters. The maximum absolute atomic E-state index is 12.6. The number of carbonyl (C=O) groups is 1. The van der Waals surface area contributed by atoms with E-state index in [0.717, 1.165) is 30.0 Å². The number of aryl methyl sites for hydroxylation is 2. The van der Waals surface area contributed by atoms with Crippen molar-refractivity contribution >= 4 is 5.78 Å². The van der Waals surface area contributed by atoms with E-state index >= 15 is 0 Å². The maximum atomic E-state index is 12.6. The molecule has 1 saturated carbocycles. The molecule has 3 rings (SSSR count). The molecule has 1 heterocycles. The number of carbonyl (C=O) groups excluding carboxylic acids is 1. The second-order valence-corrected chi connectivity index (χ2v) is 5.34. The van der Waals surface area contributed by atoms with Crippen LogP contribution < -0.4 is 4.74 Å². The first-order valence-corrected chi connectivity index (χ1v) is 6.88. The SMILES string of the molecule is Cc1nn(C)c(C)c1C(=O)c1ccc(OC2CC2)cc1. The Bertz CT molecular complexity index is 652. The molecule has 0 aliphatic heterocycles. The highest BCUT2D eigenvalue weighted by Crippen LogP contribution is 2.27. The molecule has 2 aromatic rings. The first-order valence-electron chi connectivity index (χ1n) is 6.88. The highest BCUT2D eigenvalue weighted by molar-refractivity contribution is 6.10. The Labute approximate surface area is 118 Å². The molecule has 4 nitrogen and oxygen atoms in total. The summed E-state index contributed by atoms with van der Waals surface area (Å²) < 4.78 is 7.43. The van der Waals surface area contributed by atoms with Crippen LogP contribution in [0.1, 0.15) is 40.2 Å². The summed E-state index contributed by atoms with van der Waals surface area (Å²) in [6, 6.07) is 7.39. The lowest BCUT2D eigenvalue weighted by Crippen LogP contribution is -2.05. The van der Waals surface area contributed by atoms with Crippen LogP contribution in [-0.2, 0) is 7.05 Å². The monoisotopic (exact) mass is 270 g/mol. The topological polar surface area (TPSA) is 44.1 Å². The number of hydrogen-bond acceptors (Lipinski definition) is 3. The van der Waals surface area contributed by atoms with Gasteiger partial charge in [0, 0.05) is 18.3 Å². The third-order valence-corrected chi connectivity index (χ3v) is 3.68. The zero-order valence-corrected chi connectivity index (χ0v) is 12.0. The van der Waals surface area contributed by atoms with Crippen molar-refractivity contribution in [2.24, 2.45) is 7.05 Å². The molecule has 0 amide bonds. The lowest BCUT2D eigenvalue weighted by Gasteiger charge is -2.06. The van der Waals surface area contributed by atoms with Crippen LogP contribution in [0, 0.1) is 13.8 Å². The lowest BCUT2D eigenvalue weighted by molar-refractivity contribution is 0.103. The van der Waals surface area contributed by atoms with Gasteiger partial charge in [-0.2, -0.15) is 5.10 Å². The maximum Gasteiger partial charge on any atom is 0.196 e. The zero-order valence-electron chi connectivity index (χ0n) is 12.0. The van der Waals surface area contributed by atoms with Gasteiger partial charge in [-0.15, -0.1) is 0 Å². The van der Waals surface area contributed by atoms with Crippen molar-refractivity contribution in [3.8, 4) is 5.75 Å². The summed E-state index contributed by atoms with van der Waals surface area (Å²) in [5.41, 5.74) is 3.04. The highest BCUT2D eigenvalue weighted by atomic mass is 16.5. The van der Waals surface area contributed by atoms with E-state index in [-0.39, 0.29) is 5.78 Å². The summed E-state index contributed by atoms with van der Waals surface area (Å²) >= 11 is 0. The first-order chi connectivity index (χ1) is 9.56. The highest BCUT2D eigenvalue weighted by Gasteiger charge is 2.24. The fourth-order valence-corrected chi connectivity index (χ4v) is 2.31. The summed E-state index contributed by atoms with van der Waals surface area (Å²) in [5.74, 6) is 0.856. The number of nitrogens with zero attached hydrogens (tertiary/aromatic N) is 2. The van der Waals surface area contributed by atoms with Gasteiger partial charge in [-0.25, -0.2) is 0 Å². The van der Waals surface area contributed by atoms with E-state index in [1.54, 1.807) is 4.68 Å². The predicted octanol–water partition coefficient (Wildman–Crippen LogP) is 2.81. The fraction of sp³-hybridized carbons (Fsp3) is 0.375. The van der Waals surface area contributed by atoms with Gasteiger partial charge < -0.3 is 4.74 Å². The number of ether oxygens (including phenoxy) is 1. The molecule has 0 atom stereocenters. The van der Waals surface area contributed by atoms with Crippen LogP contribution in [0.25, 0.3) is 0 Å². The van der Waals surface area contributed by atoms with Gasteiger partial charge in [-0.1, -0.05) is 0 Å². The zero-order chi connectivity index (χ0) is 14.3. The average molecular weight is 270 g/mol. The number of hydrogen-bond donors (Lipinski definition) is 0. The molecule has 4 heteroatoms. The molecule has 1 fully saturated rings. The van der Waals surface area contributed by atoms with Gasteiger partial charge in [0.25, 0.3) is 0 Å². The summed E-state index contributed by atoms with van der Waals surface area (Å²) in [6.07, 6.45) is 2.64. The van der Waals surface area contributed by atoms with E-state index in [0.29, 0.717) is 17.2 Å². The van der Waals surface area contributed by atoms with E-state index < -0.39 is 0 Å². The van der Waals surface area contributed by atoms with Crippen LogP contribution in [0.5, 0.6) is 5.75 Å². The van der Waals surface area contributed by atoms with Crippen molar-refractivity contribution in [2.45, 2.75) is 32.8 Å². The van der Waals surface area contributed by atoms with E-state index in [1.807, 2.05) is 45.2 Å². The molecule has 0 radical (unpaired) electrons. The molecular formula is C16H18N2O2. The van der Waals surface area contributed by atoms with Crippen molar-refractivity contribution in [1.82, 2.24) is 9.78 Å². The van der Waals surface area contributed by atoms with Gasteiger partial charge in [0.2, 0.25) is 0 Å². The van der Waals surface area contributed by atoms with E-state index in [2.05, 4.69) is 5.10 Å². The molecule has 104 valence electrons. The Morgan fingerprint density at radius 1 is 1.25 bits per heavy atom. The summed E-state index contributed by atoms with van der Waals surface area (Å²) in [4.78, 5) is 12.6. The van der Waals surface area contributed by atoms with E-state index in [4.69, 9.17) is 4.74 Å². The molecule has 0 saturated heterocycles. The Morgan fingerprint density at radius 3 is 2.40 bits per heavy atom. The minimum absolute atomic E-state index is 0.0195. The number of aromatic nitrogens is 2. The Hall–Kier alpha value is -2.10. The second kappa shape index (κ2) is 4.78. The van der Waals surface area contributed by atoms with E-state index in [1.165, 1.54) is 0 Å². The van der Waals surface area contributed by atoms with Crippen molar-refractivity contribution in [3.63, 3.8) is 0 Å². The minimum Gasteiger partial charge on any atom is -0.490 e. The van der Waals surface area contributed by atoms with Gasteiger partial charge in [-0.3, -0.25) is 9.48 Å². The molecular weight excluding hydrogens is 252 g/mol. The predicted molar refractivity (Wildman–Crippen MR) is 76.2 cm³/mol. The van der Waals surface area contributed by atoms with Gasteiger partial charge in [0.05, 0.1) is 17.4 Å². The van der Waals surface area contributed by atoms with Crippen molar-refractivity contribution in [2.75, 3.05) is 0 Å². The van der Waals surface area contributed by atoms with E-state index in [9.17, 15) is 4.79 Å². The molecule has 1 aromatic heterocycles. The first kappa shape index (κ1) is 12.9. The minimum atomic E-state index is 0.0195. The third-order valence-electron chi connectivity index (χ3n) is 3.68. The summed E-state index contributed by atoms with van der Waals surface area (Å²) in [7, 11) is 1.85. The third kappa shape index (κ3) is 2.33. The quantitative estimate of drug-likeness (QED) is 0.802. The van der Waals surface area contributed by atoms with Crippen molar-refractivity contribution < 1.29 is 9.53 Å². The molecule has 1 aliphatic carbocycles. The van der Waals surface area contributed by atoms with Crippen molar-refractivity contribution in [1.29, 1.82) is 0 Å². The van der Waals surface area contributed by atoms with Crippen LogP contribution in [0.3, 0.4) is 0 Å². The largest absolute Gasteiger partial charge is 0.490 e. The number of benzene rings is 1. The molecule has 0 bridgehead atoms. The van der Waals surface area contributed by atoms with Crippen LogP contribution in [0.4, 0.5) is 0 Å². The second-order valence-electron chi connectivity index (χ2n) is 5.34. The standard InChI is InChI=1S/C16H18N2O2/c1-10-15(11(2)18(3)17-10)16(19)12-4-6-13(7-5-12)20-14-8-9-14/h4-7,14H,8-9H2,1-3H3. The van der Waals surface area contributed by atoms with Gasteiger partial charge >= 0.3 is 0 Å². The number of ketones is 1. The summed E-state index contributed by atoms with van der Waals surface area (Å²) in [5, 5.41) is 4.29. The molecule has 1 aliphatic rings. The van der Waals surface area contributed by atoms with Gasteiger partial charge in [0.15, 0.2) is 5.78 Å². The van der Waals surface area contributed by atoms with Gasteiger partial charge in [-0.05, 0) is 51.0 Å². The molecule has 0 N–H and O–H groups in total. The molecule has 20 heavy (non-hydrogen) atoms. The fourth-order valence-electron chi connectivity index (χ4n) is 2.31. The molecule has 1 aromatic carbocycles. The Morgan fingerprint density at radius 2 is 1.90 bits per heavy atom. The normalized spacial score (nSPS) is 14.3. The van der Waals surface area contributed by atoms with Crippen LogP contribution >= 0.6 is 0 Å². The van der Waals surface area contributed by atoms with Crippen molar-refractivity contribution in [3.05, 3.63) is 46.8 Å². The number of rotatable bonds is 4. The smallest absolute Gasteiger partial charge is 0.196 e. The van der Waals surface area contributed by atoms with Crippen LogP contribution in [-0.4, -0.2) is 21.7 Å².